The molecule has 1 unspecified atom stereocenters. The molecule has 5 heteroatoms. The Kier molecular flexibility index (Phi) is 6.53. The molecular weight excluding hydrogens is 358 g/mol. The molecule has 0 saturated carbocycles. The van der Waals surface area contributed by atoms with Crippen molar-refractivity contribution in [3.05, 3.63) is 64.2 Å². The first-order valence-corrected chi connectivity index (χ1v) is 9.90. The van der Waals surface area contributed by atoms with Crippen LogP contribution >= 0.6 is 11.6 Å². The van der Waals surface area contributed by atoms with Gasteiger partial charge in [-0.25, -0.2) is 0 Å². The highest BCUT2D eigenvalue weighted by molar-refractivity contribution is 6.30. The van der Waals surface area contributed by atoms with Crippen LogP contribution in [0.4, 0.5) is 5.69 Å². The van der Waals surface area contributed by atoms with E-state index in [9.17, 15) is 4.79 Å². The molecule has 0 aliphatic carbocycles. The SMILES string of the molecule is Cc1cccc(C)c1NC(=O)C(C)N1CCN(Cc2ccc(Cl)cc2)CC1. The van der Waals surface area contributed by atoms with Gasteiger partial charge >= 0.3 is 0 Å². The van der Waals surface area contributed by atoms with Crippen molar-refractivity contribution < 1.29 is 4.79 Å². The molecule has 4 nitrogen and oxygen atoms in total. The van der Waals surface area contributed by atoms with Gasteiger partial charge in [0.1, 0.15) is 0 Å². The number of piperazine rings is 1. The van der Waals surface area contributed by atoms with E-state index >= 15 is 0 Å². The van der Waals surface area contributed by atoms with Crippen LogP contribution in [0.1, 0.15) is 23.6 Å². The van der Waals surface area contributed by atoms with E-state index in [1.165, 1.54) is 5.56 Å². The molecule has 3 rings (SSSR count). The lowest BCUT2D eigenvalue weighted by molar-refractivity contribution is -0.121. The zero-order valence-electron chi connectivity index (χ0n) is 16.3. The fraction of sp³-hybridized carbons (Fsp3) is 0.409. The number of carbonyl (C=O) groups excluding carboxylic acids is 1. The highest BCUT2D eigenvalue weighted by Gasteiger charge is 2.26. The van der Waals surface area contributed by atoms with Gasteiger partial charge in [-0.05, 0) is 49.6 Å². The van der Waals surface area contributed by atoms with Crippen molar-refractivity contribution in [3.8, 4) is 0 Å². The quantitative estimate of drug-likeness (QED) is 0.841. The fourth-order valence-electron chi connectivity index (χ4n) is 3.56. The van der Waals surface area contributed by atoms with Crippen LogP contribution in [-0.2, 0) is 11.3 Å². The smallest absolute Gasteiger partial charge is 0.241 e. The lowest BCUT2D eigenvalue weighted by atomic mass is 10.1. The average Bonchev–Trinajstić information content (AvgIpc) is 2.66. The van der Waals surface area contributed by atoms with Crippen molar-refractivity contribution in [2.24, 2.45) is 0 Å². The zero-order valence-corrected chi connectivity index (χ0v) is 17.1. The Morgan fingerprint density at radius 3 is 2.22 bits per heavy atom. The second kappa shape index (κ2) is 8.87. The van der Waals surface area contributed by atoms with Crippen LogP contribution in [0, 0.1) is 13.8 Å². The van der Waals surface area contributed by atoms with Gasteiger partial charge in [0, 0.05) is 43.4 Å². The molecule has 1 aliphatic heterocycles. The molecule has 1 atom stereocenters. The van der Waals surface area contributed by atoms with Crippen LogP contribution in [0.5, 0.6) is 0 Å². The van der Waals surface area contributed by atoms with Crippen molar-refractivity contribution in [2.75, 3.05) is 31.5 Å². The Labute approximate surface area is 167 Å². The number of nitrogens with zero attached hydrogens (tertiary/aromatic N) is 2. The number of hydrogen-bond acceptors (Lipinski definition) is 3. The molecule has 27 heavy (non-hydrogen) atoms. The van der Waals surface area contributed by atoms with Crippen LogP contribution in [0.2, 0.25) is 5.02 Å². The van der Waals surface area contributed by atoms with E-state index in [2.05, 4.69) is 27.2 Å². The molecule has 0 radical (unpaired) electrons. The summed E-state index contributed by atoms with van der Waals surface area (Å²) >= 11 is 5.96. The number of para-hydroxylation sites is 1. The first-order chi connectivity index (χ1) is 12.9. The monoisotopic (exact) mass is 385 g/mol. The molecule has 1 aliphatic rings. The average molecular weight is 386 g/mol. The van der Waals surface area contributed by atoms with E-state index in [1.807, 2.05) is 51.1 Å². The fourth-order valence-corrected chi connectivity index (χ4v) is 3.69. The molecule has 144 valence electrons. The topological polar surface area (TPSA) is 35.6 Å². The lowest BCUT2D eigenvalue weighted by Crippen LogP contribution is -2.52. The Balaban J connectivity index is 1.52. The summed E-state index contributed by atoms with van der Waals surface area (Å²) in [5, 5.41) is 3.90. The Bertz CT molecular complexity index is 762. The summed E-state index contributed by atoms with van der Waals surface area (Å²) in [4.78, 5) is 17.4. The molecular formula is C22H28ClN3O. The second-order valence-electron chi connectivity index (χ2n) is 7.37. The Morgan fingerprint density at radius 2 is 1.63 bits per heavy atom. The van der Waals surface area contributed by atoms with Gasteiger partial charge in [0.25, 0.3) is 0 Å². The molecule has 2 aromatic carbocycles. The van der Waals surface area contributed by atoms with Crippen molar-refractivity contribution in [1.29, 1.82) is 0 Å². The molecule has 1 heterocycles. The molecule has 1 N–H and O–H groups in total. The molecule has 1 saturated heterocycles. The minimum atomic E-state index is -0.137. The van der Waals surface area contributed by atoms with E-state index < -0.39 is 0 Å². The third-order valence-electron chi connectivity index (χ3n) is 5.38. The third kappa shape index (κ3) is 5.10. The number of nitrogens with one attached hydrogen (secondary N) is 1. The van der Waals surface area contributed by atoms with Gasteiger partial charge in [0.15, 0.2) is 0 Å². The van der Waals surface area contributed by atoms with Crippen LogP contribution in [0.25, 0.3) is 0 Å². The van der Waals surface area contributed by atoms with Crippen molar-refractivity contribution >= 4 is 23.2 Å². The zero-order chi connectivity index (χ0) is 19.4. The van der Waals surface area contributed by atoms with E-state index in [0.717, 1.165) is 54.6 Å². The first-order valence-electron chi connectivity index (χ1n) is 9.52. The van der Waals surface area contributed by atoms with Gasteiger partial charge in [0.05, 0.1) is 6.04 Å². The van der Waals surface area contributed by atoms with E-state index in [-0.39, 0.29) is 11.9 Å². The van der Waals surface area contributed by atoms with E-state index in [1.54, 1.807) is 0 Å². The normalized spacial score (nSPS) is 16.9. The summed E-state index contributed by atoms with van der Waals surface area (Å²) in [6.45, 7) is 10.7. The highest BCUT2D eigenvalue weighted by atomic mass is 35.5. The van der Waals surface area contributed by atoms with Crippen LogP contribution in [0.15, 0.2) is 42.5 Å². The summed E-state index contributed by atoms with van der Waals surface area (Å²) < 4.78 is 0. The standard InChI is InChI=1S/C22H28ClN3O/c1-16-5-4-6-17(2)21(16)24-22(27)18(3)26-13-11-25(12-14-26)15-19-7-9-20(23)10-8-19/h4-10,18H,11-15H2,1-3H3,(H,24,27). The Morgan fingerprint density at radius 1 is 1.04 bits per heavy atom. The predicted molar refractivity (Wildman–Crippen MR) is 112 cm³/mol. The highest BCUT2D eigenvalue weighted by Crippen LogP contribution is 2.20. The number of halogens is 1. The van der Waals surface area contributed by atoms with Crippen LogP contribution < -0.4 is 5.32 Å². The van der Waals surface area contributed by atoms with Gasteiger partial charge in [-0.15, -0.1) is 0 Å². The summed E-state index contributed by atoms with van der Waals surface area (Å²) in [5.74, 6) is 0.0681. The predicted octanol–water partition coefficient (Wildman–Crippen LogP) is 4.10. The minimum Gasteiger partial charge on any atom is -0.324 e. The molecule has 0 aromatic heterocycles. The number of anilines is 1. The largest absolute Gasteiger partial charge is 0.324 e. The van der Waals surface area contributed by atoms with Crippen LogP contribution in [-0.4, -0.2) is 47.9 Å². The number of aryl methyl sites for hydroxylation is 2. The Hall–Kier alpha value is -1.88. The van der Waals surface area contributed by atoms with Gasteiger partial charge < -0.3 is 5.32 Å². The van der Waals surface area contributed by atoms with Gasteiger partial charge in [0.2, 0.25) is 5.91 Å². The summed E-state index contributed by atoms with van der Waals surface area (Å²) in [6.07, 6.45) is 0. The van der Waals surface area contributed by atoms with E-state index in [0.29, 0.717) is 0 Å². The van der Waals surface area contributed by atoms with Crippen LogP contribution in [0.3, 0.4) is 0 Å². The van der Waals surface area contributed by atoms with E-state index in [4.69, 9.17) is 11.6 Å². The van der Waals surface area contributed by atoms with Crippen molar-refractivity contribution in [2.45, 2.75) is 33.4 Å². The van der Waals surface area contributed by atoms with Gasteiger partial charge in [-0.1, -0.05) is 41.9 Å². The molecule has 2 aromatic rings. The molecule has 0 spiro atoms. The maximum absolute atomic E-state index is 12.7. The number of benzene rings is 2. The summed E-state index contributed by atoms with van der Waals surface area (Å²) in [5.41, 5.74) is 4.41. The lowest BCUT2D eigenvalue weighted by Gasteiger charge is -2.37. The number of amides is 1. The van der Waals surface area contributed by atoms with Crippen molar-refractivity contribution in [1.82, 2.24) is 9.80 Å². The second-order valence-corrected chi connectivity index (χ2v) is 7.81. The maximum Gasteiger partial charge on any atom is 0.241 e. The summed E-state index contributed by atoms with van der Waals surface area (Å²) in [6, 6.07) is 14.0. The molecule has 1 amide bonds. The number of carbonyl (C=O) groups is 1. The van der Waals surface area contributed by atoms with Gasteiger partial charge in [-0.3, -0.25) is 14.6 Å². The first kappa shape index (κ1) is 19.9. The van der Waals surface area contributed by atoms with Gasteiger partial charge in [-0.2, -0.15) is 0 Å². The molecule has 0 bridgehead atoms. The number of rotatable bonds is 5. The van der Waals surface area contributed by atoms with Crippen molar-refractivity contribution in [3.63, 3.8) is 0 Å². The maximum atomic E-state index is 12.7. The number of hydrogen-bond donors (Lipinski definition) is 1. The summed E-state index contributed by atoms with van der Waals surface area (Å²) in [7, 11) is 0. The minimum absolute atomic E-state index is 0.0681. The third-order valence-corrected chi connectivity index (χ3v) is 5.63. The molecule has 1 fully saturated rings.